The van der Waals surface area contributed by atoms with Crippen molar-refractivity contribution in [3.63, 3.8) is 0 Å². The fourth-order valence-corrected chi connectivity index (χ4v) is 4.30. The third-order valence-corrected chi connectivity index (χ3v) is 6.25. The fourth-order valence-electron chi connectivity index (χ4n) is 4.30. The molecule has 3 rings (SSSR count). The molecule has 168 valence electrons. The van der Waals surface area contributed by atoms with Crippen LogP contribution in [-0.4, -0.2) is 50.5 Å². The number of aliphatic hydroxyl groups is 2. The third kappa shape index (κ3) is 5.17. The minimum absolute atomic E-state index is 0.249. The lowest BCUT2D eigenvalue weighted by Crippen LogP contribution is -2.56. The average Bonchev–Trinajstić information content (AvgIpc) is 2.77. The van der Waals surface area contributed by atoms with E-state index in [2.05, 4.69) is 4.98 Å². The van der Waals surface area contributed by atoms with Crippen LogP contribution in [-0.2, 0) is 6.61 Å². The predicted octanol–water partition coefficient (Wildman–Crippen LogP) is 3.86. The van der Waals surface area contributed by atoms with Gasteiger partial charge in [-0.3, -0.25) is 4.98 Å². The number of hydrogen-bond donors (Lipinski definition) is 3. The van der Waals surface area contributed by atoms with Crippen LogP contribution in [0.2, 0.25) is 0 Å². The molecule has 1 aliphatic rings. The van der Waals surface area contributed by atoms with E-state index >= 15 is 0 Å². The summed E-state index contributed by atoms with van der Waals surface area (Å²) in [7, 11) is 0. The Labute approximate surface area is 183 Å². The molecule has 1 saturated heterocycles. The summed E-state index contributed by atoms with van der Waals surface area (Å²) in [4.78, 5) is 17.5. The van der Waals surface area contributed by atoms with Crippen molar-refractivity contribution in [2.45, 2.75) is 52.4 Å². The molecule has 2 aromatic rings. The number of aliphatic hydroxyl groups excluding tert-OH is 2. The molecule has 7 heteroatoms. The zero-order chi connectivity index (χ0) is 22.6. The number of aromatic nitrogens is 1. The molecule has 7 nitrogen and oxygen atoms in total. The molecule has 0 spiro atoms. The summed E-state index contributed by atoms with van der Waals surface area (Å²) >= 11 is 0. The van der Waals surface area contributed by atoms with Crippen molar-refractivity contribution < 1.29 is 24.9 Å². The van der Waals surface area contributed by atoms with Crippen LogP contribution in [0.1, 0.15) is 51.0 Å². The lowest BCUT2D eigenvalue weighted by atomic mass is 9.66. The molecule has 31 heavy (non-hydrogen) atoms. The van der Waals surface area contributed by atoms with Crippen LogP contribution in [0.3, 0.4) is 0 Å². The molecule has 1 fully saturated rings. The van der Waals surface area contributed by atoms with E-state index in [0.717, 1.165) is 5.56 Å². The van der Waals surface area contributed by atoms with Gasteiger partial charge in [0.05, 0.1) is 12.3 Å². The summed E-state index contributed by atoms with van der Waals surface area (Å²) in [5.74, 6) is 0.580. The number of ether oxygens (including phenoxy) is 1. The van der Waals surface area contributed by atoms with Gasteiger partial charge in [-0.1, -0.05) is 51.1 Å². The topological polar surface area (TPSA) is 103 Å². The van der Waals surface area contributed by atoms with Gasteiger partial charge in [0.2, 0.25) is 0 Å². The molecule has 3 unspecified atom stereocenters. The van der Waals surface area contributed by atoms with Crippen LogP contribution in [0.25, 0.3) is 0 Å². The Balaban J connectivity index is 1.81. The van der Waals surface area contributed by atoms with Gasteiger partial charge in [0.1, 0.15) is 18.5 Å². The predicted molar refractivity (Wildman–Crippen MR) is 117 cm³/mol. The van der Waals surface area contributed by atoms with Gasteiger partial charge in [0.15, 0.2) is 0 Å². The second kappa shape index (κ2) is 9.24. The minimum atomic E-state index is -1.04. The van der Waals surface area contributed by atoms with Crippen molar-refractivity contribution >= 4 is 6.09 Å². The number of pyridine rings is 1. The number of nitrogens with zero attached hydrogens (tertiary/aromatic N) is 2. The van der Waals surface area contributed by atoms with Crippen molar-refractivity contribution in [2.75, 3.05) is 13.2 Å². The Morgan fingerprint density at radius 3 is 2.61 bits per heavy atom. The van der Waals surface area contributed by atoms with E-state index in [1.54, 1.807) is 18.3 Å². The summed E-state index contributed by atoms with van der Waals surface area (Å²) in [6.07, 6.45) is 0.253. The number of rotatable bonds is 6. The molecule has 1 aromatic heterocycles. The summed E-state index contributed by atoms with van der Waals surface area (Å²) in [6, 6.07) is 12.9. The zero-order valence-electron chi connectivity index (χ0n) is 18.4. The Morgan fingerprint density at radius 2 is 2.00 bits per heavy atom. The van der Waals surface area contributed by atoms with Crippen LogP contribution in [0.15, 0.2) is 48.7 Å². The van der Waals surface area contributed by atoms with E-state index in [0.29, 0.717) is 30.9 Å². The van der Waals surface area contributed by atoms with Gasteiger partial charge < -0.3 is 25.0 Å². The quantitative estimate of drug-likeness (QED) is 0.646. The summed E-state index contributed by atoms with van der Waals surface area (Å²) in [6.45, 7) is 6.31. The standard InChI is InChI=1S/C24H32N2O5/c1-23(2,3)20-14-24(16-27,10-12-26(20)22(29)30)21(28)19-13-18(9-11-25-19)31-15-17-7-5-4-6-8-17/h4-9,11,13,20-21,27-28H,10,12,14-16H2,1-3H3,(H,29,30). The highest BCUT2D eigenvalue weighted by Gasteiger charge is 2.49. The van der Waals surface area contributed by atoms with Crippen molar-refractivity contribution in [1.82, 2.24) is 9.88 Å². The first-order valence-corrected chi connectivity index (χ1v) is 10.6. The number of likely N-dealkylation sites (tertiary alicyclic amines) is 1. The van der Waals surface area contributed by atoms with E-state index in [4.69, 9.17) is 4.74 Å². The summed E-state index contributed by atoms with van der Waals surface area (Å²) in [5.41, 5.74) is 0.223. The maximum absolute atomic E-state index is 11.8. The largest absolute Gasteiger partial charge is 0.489 e. The molecule has 3 N–H and O–H groups in total. The number of carbonyl (C=O) groups is 1. The van der Waals surface area contributed by atoms with Crippen LogP contribution in [0.5, 0.6) is 5.75 Å². The Hall–Kier alpha value is -2.64. The lowest BCUT2D eigenvalue weighted by molar-refractivity contribution is -0.0913. The lowest BCUT2D eigenvalue weighted by Gasteiger charge is -2.51. The first-order valence-electron chi connectivity index (χ1n) is 10.6. The fraction of sp³-hybridized carbons (Fsp3) is 0.500. The summed E-state index contributed by atoms with van der Waals surface area (Å²) in [5, 5.41) is 31.2. The van der Waals surface area contributed by atoms with Gasteiger partial charge in [-0.2, -0.15) is 0 Å². The van der Waals surface area contributed by atoms with E-state index in [9.17, 15) is 20.1 Å². The monoisotopic (exact) mass is 428 g/mol. The van der Waals surface area contributed by atoms with Gasteiger partial charge in [-0.15, -0.1) is 0 Å². The van der Waals surface area contributed by atoms with Gasteiger partial charge in [0, 0.05) is 30.3 Å². The maximum Gasteiger partial charge on any atom is 0.407 e. The van der Waals surface area contributed by atoms with Crippen molar-refractivity contribution in [1.29, 1.82) is 0 Å². The first-order chi connectivity index (χ1) is 14.7. The smallest absolute Gasteiger partial charge is 0.407 e. The second-order valence-corrected chi connectivity index (χ2v) is 9.43. The van der Waals surface area contributed by atoms with Crippen LogP contribution < -0.4 is 4.74 Å². The first kappa shape index (κ1) is 23.0. The van der Waals surface area contributed by atoms with E-state index < -0.39 is 17.6 Å². The molecule has 1 aromatic carbocycles. The van der Waals surface area contributed by atoms with Crippen molar-refractivity contribution in [3.8, 4) is 5.75 Å². The SMILES string of the molecule is CC(C)(C)C1CC(CO)(C(O)c2cc(OCc3ccccc3)ccn2)CCN1C(=O)O. The van der Waals surface area contributed by atoms with Crippen LogP contribution >= 0.6 is 0 Å². The van der Waals surface area contributed by atoms with Crippen LogP contribution in [0, 0.1) is 10.8 Å². The normalized spacial score (nSPS) is 22.7. The molecular weight excluding hydrogens is 396 g/mol. The third-order valence-electron chi connectivity index (χ3n) is 6.25. The highest BCUT2D eigenvalue weighted by Crippen LogP contribution is 2.48. The van der Waals surface area contributed by atoms with Gasteiger partial charge in [-0.05, 0) is 29.9 Å². The van der Waals surface area contributed by atoms with Crippen molar-refractivity contribution in [2.24, 2.45) is 10.8 Å². The highest BCUT2D eigenvalue weighted by molar-refractivity contribution is 5.65. The molecule has 0 bridgehead atoms. The number of piperidine rings is 1. The zero-order valence-corrected chi connectivity index (χ0v) is 18.4. The number of hydrogen-bond acceptors (Lipinski definition) is 5. The van der Waals surface area contributed by atoms with Crippen molar-refractivity contribution in [3.05, 3.63) is 59.9 Å². The highest BCUT2D eigenvalue weighted by atomic mass is 16.5. The Bertz CT molecular complexity index is 883. The molecule has 0 radical (unpaired) electrons. The minimum Gasteiger partial charge on any atom is -0.489 e. The number of carboxylic acid groups (broad SMARTS) is 1. The molecule has 2 heterocycles. The Morgan fingerprint density at radius 1 is 1.29 bits per heavy atom. The number of benzene rings is 1. The molecule has 0 aliphatic carbocycles. The van der Waals surface area contributed by atoms with Gasteiger partial charge >= 0.3 is 6.09 Å². The van der Waals surface area contributed by atoms with E-state index in [1.807, 2.05) is 51.1 Å². The maximum atomic E-state index is 11.8. The van der Waals surface area contributed by atoms with E-state index in [1.165, 1.54) is 4.90 Å². The second-order valence-electron chi connectivity index (χ2n) is 9.43. The molecule has 1 aliphatic heterocycles. The number of amides is 1. The molecule has 1 amide bonds. The Kier molecular flexibility index (Phi) is 6.86. The molecule has 3 atom stereocenters. The molecule has 0 saturated carbocycles. The van der Waals surface area contributed by atoms with Gasteiger partial charge in [0.25, 0.3) is 0 Å². The summed E-state index contributed by atoms with van der Waals surface area (Å²) < 4.78 is 5.86. The molecular formula is C24H32N2O5. The average molecular weight is 429 g/mol. The van der Waals surface area contributed by atoms with E-state index in [-0.39, 0.29) is 24.6 Å². The van der Waals surface area contributed by atoms with Gasteiger partial charge in [-0.25, -0.2) is 4.79 Å². The van der Waals surface area contributed by atoms with Crippen LogP contribution in [0.4, 0.5) is 4.79 Å².